The van der Waals surface area contributed by atoms with Gasteiger partial charge in [-0.2, -0.15) is 0 Å². The van der Waals surface area contributed by atoms with Gasteiger partial charge in [0.1, 0.15) is 23.0 Å². The van der Waals surface area contributed by atoms with Gasteiger partial charge in [0.15, 0.2) is 0 Å². The first-order chi connectivity index (χ1) is 27.5. The number of benzene rings is 4. The standard InChI is InChI=1S/C48H38N4O4/c1-53-34-13-5-9-29(23-34)45-33-27-44(49-28-33)48(32-12-8-16-37(26-32)56-4)43-22-21-42(52-43)47(31-11-7-15-36(25-31)55-3)41-20-19-40(51-41)46(39-18-17-38(45)50-39)30-10-6-14-35(24-30)54-2/h5-28,50,52H,1-4H3. The van der Waals surface area contributed by atoms with E-state index >= 15 is 0 Å². The van der Waals surface area contributed by atoms with Crippen molar-refractivity contribution in [2.75, 3.05) is 28.4 Å². The molecule has 2 aliphatic rings. The maximum atomic E-state index is 5.70. The Kier molecular flexibility index (Phi) is 8.91. The average Bonchev–Trinajstić information content (AvgIpc) is 4.09. The Morgan fingerprint density at radius 1 is 0.411 bits per heavy atom. The third-order valence-corrected chi connectivity index (χ3v) is 10.2. The first-order valence-corrected chi connectivity index (χ1v) is 18.3. The third-order valence-electron chi connectivity index (χ3n) is 10.2. The largest absolute Gasteiger partial charge is 0.497 e. The smallest absolute Gasteiger partial charge is 0.119 e. The Hall–Kier alpha value is -7.32. The van der Waals surface area contributed by atoms with Crippen LogP contribution in [0.4, 0.5) is 5.69 Å². The van der Waals surface area contributed by atoms with Crippen molar-refractivity contribution in [1.82, 2.24) is 15.0 Å². The molecule has 2 aliphatic heterocycles. The lowest BCUT2D eigenvalue weighted by Gasteiger charge is -2.09. The van der Waals surface area contributed by atoms with E-state index in [0.29, 0.717) is 0 Å². The molecule has 0 aliphatic carbocycles. The molecule has 7 aromatic rings. The summed E-state index contributed by atoms with van der Waals surface area (Å²) < 4.78 is 22.8. The van der Waals surface area contributed by atoms with Crippen LogP contribution in [0.1, 0.15) is 17.0 Å². The first-order valence-electron chi connectivity index (χ1n) is 18.3. The fourth-order valence-corrected chi connectivity index (χ4v) is 7.56. The minimum atomic E-state index is 0.753. The van der Waals surface area contributed by atoms with Crippen LogP contribution in [-0.2, 0) is 0 Å². The lowest BCUT2D eigenvalue weighted by Crippen LogP contribution is -1.90. The second kappa shape index (κ2) is 14.5. The number of nitrogens with zero attached hydrogens (tertiary/aromatic N) is 2. The van der Waals surface area contributed by atoms with E-state index in [0.717, 1.165) is 112 Å². The van der Waals surface area contributed by atoms with Crippen LogP contribution in [0, 0.1) is 0 Å². The van der Waals surface area contributed by atoms with Crippen LogP contribution in [0.3, 0.4) is 0 Å². The topological polar surface area (TPSA) is 93.8 Å². The van der Waals surface area contributed by atoms with Crippen molar-refractivity contribution in [3.63, 3.8) is 0 Å². The molecular weight excluding hydrogens is 697 g/mol. The fourth-order valence-electron chi connectivity index (χ4n) is 7.56. The second-order valence-corrected chi connectivity index (χ2v) is 13.5. The normalized spacial score (nSPS) is 11.8. The molecule has 0 saturated heterocycles. The van der Waals surface area contributed by atoms with Gasteiger partial charge in [0.2, 0.25) is 0 Å². The van der Waals surface area contributed by atoms with E-state index in [2.05, 4.69) is 82.8 Å². The molecule has 2 N–H and O–H groups in total. The van der Waals surface area contributed by atoms with Crippen LogP contribution in [0.5, 0.6) is 23.0 Å². The van der Waals surface area contributed by atoms with Gasteiger partial charge in [0.25, 0.3) is 0 Å². The highest BCUT2D eigenvalue weighted by molar-refractivity contribution is 6.05. The lowest BCUT2D eigenvalue weighted by atomic mass is 10.00. The zero-order valence-electron chi connectivity index (χ0n) is 31.4. The zero-order chi connectivity index (χ0) is 38.2. The van der Waals surface area contributed by atoms with Crippen LogP contribution in [0.25, 0.3) is 78.7 Å². The van der Waals surface area contributed by atoms with E-state index < -0.39 is 0 Å². The molecule has 8 nitrogen and oxygen atoms in total. The van der Waals surface area contributed by atoms with Gasteiger partial charge in [0.05, 0.1) is 45.5 Å². The predicted octanol–water partition coefficient (Wildman–Crippen LogP) is 11.5. The van der Waals surface area contributed by atoms with Gasteiger partial charge in [-0.1, -0.05) is 48.5 Å². The van der Waals surface area contributed by atoms with Crippen LogP contribution in [-0.4, -0.2) is 49.6 Å². The zero-order valence-corrected chi connectivity index (χ0v) is 31.4. The van der Waals surface area contributed by atoms with E-state index in [4.69, 9.17) is 28.9 Å². The lowest BCUT2D eigenvalue weighted by molar-refractivity contribution is 0.415. The van der Waals surface area contributed by atoms with Gasteiger partial charge in [0, 0.05) is 56.1 Å². The van der Waals surface area contributed by atoms with Crippen molar-refractivity contribution >= 4 is 46.1 Å². The molecule has 8 heteroatoms. The Balaban J connectivity index is 1.47. The molecule has 0 saturated carbocycles. The van der Waals surface area contributed by atoms with Crippen molar-refractivity contribution in [3.05, 3.63) is 144 Å². The summed E-state index contributed by atoms with van der Waals surface area (Å²) in [6, 6.07) is 43.0. The van der Waals surface area contributed by atoms with Gasteiger partial charge < -0.3 is 28.9 Å². The van der Waals surface area contributed by atoms with E-state index in [1.807, 2.05) is 72.9 Å². The molecule has 0 unspecified atom stereocenters. The van der Waals surface area contributed by atoms with Gasteiger partial charge in [-0.05, 0) is 113 Å². The van der Waals surface area contributed by atoms with Gasteiger partial charge in [-0.25, -0.2) is 4.98 Å². The summed E-state index contributed by atoms with van der Waals surface area (Å²) >= 11 is 0. The molecule has 5 heterocycles. The van der Waals surface area contributed by atoms with Crippen molar-refractivity contribution < 1.29 is 18.9 Å². The molecule has 0 spiro atoms. The molecule has 8 bridgehead atoms. The van der Waals surface area contributed by atoms with Crippen LogP contribution >= 0.6 is 0 Å². The summed E-state index contributed by atoms with van der Waals surface area (Å²) in [7, 11) is 6.73. The van der Waals surface area contributed by atoms with E-state index in [-0.39, 0.29) is 0 Å². The summed E-state index contributed by atoms with van der Waals surface area (Å²) in [4.78, 5) is 18.1. The minimum absolute atomic E-state index is 0.753. The Labute approximate surface area is 324 Å². The number of methoxy groups -OCH3 is 4. The molecule has 0 atom stereocenters. The number of aliphatic imine (C=N–C) groups is 1. The molecule has 0 fully saturated rings. The van der Waals surface area contributed by atoms with Crippen LogP contribution < -0.4 is 18.9 Å². The van der Waals surface area contributed by atoms with Gasteiger partial charge >= 0.3 is 0 Å². The van der Waals surface area contributed by atoms with E-state index in [9.17, 15) is 0 Å². The summed E-state index contributed by atoms with van der Waals surface area (Å²) in [5.74, 6) is 3.02. The van der Waals surface area contributed by atoms with Gasteiger partial charge in [-0.15, -0.1) is 0 Å². The maximum absolute atomic E-state index is 5.70. The highest BCUT2D eigenvalue weighted by atomic mass is 16.5. The van der Waals surface area contributed by atoms with Crippen LogP contribution in [0.2, 0.25) is 0 Å². The number of hydrogen-bond donors (Lipinski definition) is 2. The van der Waals surface area contributed by atoms with Crippen molar-refractivity contribution in [3.8, 4) is 67.5 Å². The number of fused-ring (bicyclic) bond motifs is 8. The Morgan fingerprint density at radius 2 is 0.786 bits per heavy atom. The van der Waals surface area contributed by atoms with E-state index in [1.54, 1.807) is 28.4 Å². The second-order valence-electron chi connectivity index (χ2n) is 13.5. The SMILES string of the molecule is COc1cccc(-c2c3cc(c(-c4cccc(OC)c4)c4ccc([nH]4)c(-c4cccc(OC)c4)c4nc(c(-c5cccc(OC)c5)c5ccc2[nH]5)C=C4)N=C3)c1. The molecule has 3 aromatic heterocycles. The number of ether oxygens (including phenoxy) is 4. The Bertz CT molecular complexity index is 2500. The van der Waals surface area contributed by atoms with Crippen molar-refractivity contribution in [1.29, 1.82) is 0 Å². The molecular formula is C48H38N4O4. The summed E-state index contributed by atoms with van der Waals surface area (Å²) in [5.41, 5.74) is 14.6. The third kappa shape index (κ3) is 6.27. The monoisotopic (exact) mass is 734 g/mol. The number of rotatable bonds is 8. The average molecular weight is 735 g/mol. The molecule has 56 heavy (non-hydrogen) atoms. The molecule has 0 radical (unpaired) electrons. The predicted molar refractivity (Wildman–Crippen MR) is 227 cm³/mol. The van der Waals surface area contributed by atoms with Crippen molar-refractivity contribution in [2.24, 2.45) is 4.99 Å². The minimum Gasteiger partial charge on any atom is -0.497 e. The highest BCUT2D eigenvalue weighted by Crippen LogP contribution is 2.42. The molecule has 274 valence electrons. The number of H-pyrrole nitrogens is 2. The maximum Gasteiger partial charge on any atom is 0.119 e. The quantitative estimate of drug-likeness (QED) is 0.162. The fraction of sp³-hybridized carbons (Fsp3) is 0.0833. The number of hydrogen-bond acceptors (Lipinski definition) is 6. The Morgan fingerprint density at radius 3 is 1.21 bits per heavy atom. The molecule has 0 amide bonds. The summed E-state index contributed by atoms with van der Waals surface area (Å²) in [5, 5.41) is 0. The number of nitrogens with one attached hydrogen (secondary N) is 2. The molecule has 9 rings (SSSR count). The first kappa shape index (κ1) is 34.4. The number of aromatic amines is 2. The summed E-state index contributed by atoms with van der Waals surface area (Å²) in [6.07, 6.45) is 6.11. The highest BCUT2D eigenvalue weighted by Gasteiger charge is 2.19. The van der Waals surface area contributed by atoms with Crippen LogP contribution in [0.15, 0.2) is 132 Å². The van der Waals surface area contributed by atoms with Crippen molar-refractivity contribution in [2.45, 2.75) is 0 Å². The molecule has 4 aromatic carbocycles. The van der Waals surface area contributed by atoms with E-state index in [1.165, 1.54) is 0 Å². The number of aromatic nitrogens is 3. The summed E-state index contributed by atoms with van der Waals surface area (Å²) in [6.45, 7) is 0. The van der Waals surface area contributed by atoms with Gasteiger partial charge in [-0.3, -0.25) is 4.99 Å².